The van der Waals surface area contributed by atoms with Gasteiger partial charge in [-0.15, -0.1) is 13.1 Å². The van der Waals surface area contributed by atoms with Crippen molar-refractivity contribution >= 4 is 12.1 Å². The molecule has 6 heteroatoms. The fraction of sp³-hybridized carbons (Fsp3) is 0.375. The fourth-order valence-electron chi connectivity index (χ4n) is 1.15. The molecule has 0 heterocycles. The SMILES string of the molecule is O=C(O)c1cc[c-]cc1.[CH2-]CN(C[CH2-])C(=O)OC(C)(C)C.[Y+3]. The van der Waals surface area contributed by atoms with Crippen LogP contribution in [0, 0.1) is 19.9 Å². The Hall–Kier alpha value is -0.936. The van der Waals surface area contributed by atoms with Crippen LogP contribution in [0.2, 0.25) is 0 Å². The van der Waals surface area contributed by atoms with Gasteiger partial charge >= 0.3 is 44.8 Å². The van der Waals surface area contributed by atoms with Crippen LogP contribution in [0.1, 0.15) is 31.1 Å². The van der Waals surface area contributed by atoms with Crippen LogP contribution in [0.3, 0.4) is 0 Å². The van der Waals surface area contributed by atoms with Gasteiger partial charge in [0.2, 0.25) is 0 Å². The van der Waals surface area contributed by atoms with E-state index in [4.69, 9.17) is 9.84 Å². The second-order valence-electron chi connectivity index (χ2n) is 5.06. The van der Waals surface area contributed by atoms with Gasteiger partial charge in [0.1, 0.15) is 5.60 Å². The summed E-state index contributed by atoms with van der Waals surface area (Å²) in [5.74, 6) is -0.899. The van der Waals surface area contributed by atoms with E-state index in [0.29, 0.717) is 18.7 Å². The van der Waals surface area contributed by atoms with Gasteiger partial charge in [-0.1, -0.05) is 0 Å². The third-order valence-corrected chi connectivity index (χ3v) is 2.16. The summed E-state index contributed by atoms with van der Waals surface area (Å²) in [7, 11) is 0. The molecule has 1 amide bonds. The summed E-state index contributed by atoms with van der Waals surface area (Å²) in [6.07, 6.45) is -0.354. The quantitative estimate of drug-likeness (QED) is 0.818. The molecule has 22 heavy (non-hydrogen) atoms. The average molecular weight is 381 g/mol. The molecule has 0 atom stereocenters. The third-order valence-electron chi connectivity index (χ3n) is 2.16. The summed E-state index contributed by atoms with van der Waals surface area (Å²) >= 11 is 0. The number of benzene rings is 1. The topological polar surface area (TPSA) is 66.8 Å². The number of aromatic carboxylic acids is 1. The minimum Gasteiger partial charge on any atom is -0.479 e. The summed E-state index contributed by atoms with van der Waals surface area (Å²) in [6.45, 7) is 13.4. The van der Waals surface area contributed by atoms with E-state index in [1.807, 2.05) is 20.8 Å². The largest absolute Gasteiger partial charge is 3.00 e. The Morgan fingerprint density at radius 1 is 1.23 bits per heavy atom. The Morgan fingerprint density at radius 2 is 1.68 bits per heavy atom. The molecule has 5 nitrogen and oxygen atoms in total. The van der Waals surface area contributed by atoms with Gasteiger partial charge in [-0.3, -0.25) is 0 Å². The molecule has 0 unspecified atom stereocenters. The number of carbonyl (C=O) groups is 2. The zero-order valence-corrected chi connectivity index (χ0v) is 16.2. The van der Waals surface area contributed by atoms with E-state index in [9.17, 15) is 9.59 Å². The number of rotatable bonds is 3. The molecule has 0 fully saturated rings. The number of nitrogens with zero attached hydrogens (tertiary/aromatic N) is 1. The number of hydrogen-bond acceptors (Lipinski definition) is 3. The predicted octanol–water partition coefficient (Wildman–Crippen LogP) is 3.07. The second-order valence-corrected chi connectivity index (χ2v) is 5.06. The molecule has 0 saturated carbocycles. The monoisotopic (exact) mass is 381 g/mol. The summed E-state index contributed by atoms with van der Waals surface area (Å²) in [6, 6.07) is 8.87. The molecule has 1 rings (SSSR count). The Labute approximate surface area is 157 Å². The molecule has 0 aliphatic heterocycles. The predicted molar refractivity (Wildman–Crippen MR) is 80.8 cm³/mol. The molecule has 0 aromatic heterocycles. The van der Waals surface area contributed by atoms with Gasteiger partial charge in [0, 0.05) is 0 Å². The van der Waals surface area contributed by atoms with Crippen molar-refractivity contribution in [3.05, 3.63) is 49.7 Å². The minimum absolute atomic E-state index is 0. The van der Waals surface area contributed by atoms with Crippen molar-refractivity contribution in [2.75, 3.05) is 13.1 Å². The molecule has 1 N–H and O–H groups in total. The first-order valence-corrected chi connectivity index (χ1v) is 6.47. The first-order valence-electron chi connectivity index (χ1n) is 6.47. The van der Waals surface area contributed by atoms with Gasteiger partial charge in [0.05, 0.1) is 0 Å². The number of amides is 1. The Kier molecular flexibility index (Phi) is 12.3. The standard InChI is InChI=1S/C9H17NO2.C7H5O2.Y/c1-6-10(7-2)8(11)12-9(3,4)5;8-7(9)6-4-2-1-3-5-6;/h1-2,6-7H2,3-5H3;2-5H,(H,8,9);/q-2;-1;+3. The number of ether oxygens (including phenoxy) is 1. The van der Waals surface area contributed by atoms with Crippen molar-refractivity contribution in [2.45, 2.75) is 26.4 Å². The van der Waals surface area contributed by atoms with Gasteiger partial charge in [0.25, 0.3) is 0 Å². The summed E-state index contributed by atoms with van der Waals surface area (Å²) in [5.41, 5.74) is -0.145. The molecule has 1 aromatic rings. The first-order chi connectivity index (χ1) is 9.71. The molecular weight excluding hydrogens is 359 g/mol. The van der Waals surface area contributed by atoms with Crippen LogP contribution >= 0.6 is 0 Å². The number of hydrogen-bond donors (Lipinski definition) is 1. The van der Waals surface area contributed by atoms with Gasteiger partial charge in [0.15, 0.2) is 0 Å². The Bertz CT molecular complexity index is 439. The van der Waals surface area contributed by atoms with E-state index in [0.717, 1.165) is 0 Å². The van der Waals surface area contributed by atoms with E-state index in [1.165, 1.54) is 17.0 Å². The van der Waals surface area contributed by atoms with Crippen LogP contribution in [-0.2, 0) is 37.4 Å². The van der Waals surface area contributed by atoms with Crippen LogP contribution in [0.25, 0.3) is 0 Å². The van der Waals surface area contributed by atoms with Crippen molar-refractivity contribution in [3.8, 4) is 0 Å². The van der Waals surface area contributed by atoms with Crippen LogP contribution in [0.4, 0.5) is 4.79 Å². The molecule has 0 saturated heterocycles. The van der Waals surface area contributed by atoms with Crippen molar-refractivity contribution in [1.82, 2.24) is 4.90 Å². The maximum atomic E-state index is 11.2. The van der Waals surface area contributed by atoms with Crippen molar-refractivity contribution in [1.29, 1.82) is 0 Å². The number of carbonyl (C=O) groups excluding carboxylic acids is 1. The zero-order chi connectivity index (χ0) is 16.5. The molecule has 1 aromatic carbocycles. The van der Waals surface area contributed by atoms with E-state index in [2.05, 4.69) is 19.9 Å². The molecule has 118 valence electrons. The Balaban J connectivity index is 0. The van der Waals surface area contributed by atoms with Crippen LogP contribution in [0.5, 0.6) is 0 Å². The Morgan fingerprint density at radius 3 is 1.95 bits per heavy atom. The summed E-state index contributed by atoms with van der Waals surface area (Å²) < 4.78 is 5.09. The van der Waals surface area contributed by atoms with Gasteiger partial charge in [-0.05, 0) is 26.3 Å². The van der Waals surface area contributed by atoms with E-state index >= 15 is 0 Å². The number of carboxylic acids is 1. The molecule has 0 bridgehead atoms. The summed E-state index contributed by atoms with van der Waals surface area (Å²) in [5, 5.41) is 8.37. The molecule has 0 spiro atoms. The van der Waals surface area contributed by atoms with Gasteiger partial charge in [-0.25, -0.2) is 9.59 Å². The first kappa shape index (κ1) is 23.3. The zero-order valence-electron chi connectivity index (χ0n) is 13.3. The molecule has 0 aliphatic carbocycles. The number of carboxylic acid groups (broad SMARTS) is 1. The maximum absolute atomic E-state index is 11.2. The van der Waals surface area contributed by atoms with Gasteiger partial charge in [-0.2, -0.15) is 30.3 Å². The fourth-order valence-corrected chi connectivity index (χ4v) is 1.15. The third kappa shape index (κ3) is 10.7. The van der Waals surface area contributed by atoms with E-state index < -0.39 is 11.6 Å². The average Bonchev–Trinajstić information content (AvgIpc) is 2.40. The molecule has 0 radical (unpaired) electrons. The van der Waals surface area contributed by atoms with Gasteiger partial charge < -0.3 is 28.6 Å². The normalized spacial score (nSPS) is 9.68. The second kappa shape index (κ2) is 11.6. The molecular formula is C16H22NO4Y. The van der Waals surface area contributed by atoms with E-state index in [1.54, 1.807) is 12.1 Å². The smallest absolute Gasteiger partial charge is 0.479 e. The maximum Gasteiger partial charge on any atom is 3.00 e. The van der Waals surface area contributed by atoms with Crippen molar-refractivity contribution in [2.24, 2.45) is 0 Å². The van der Waals surface area contributed by atoms with E-state index in [-0.39, 0.29) is 38.8 Å². The summed E-state index contributed by atoms with van der Waals surface area (Å²) in [4.78, 5) is 22.9. The van der Waals surface area contributed by atoms with Crippen LogP contribution < -0.4 is 0 Å². The van der Waals surface area contributed by atoms with Crippen molar-refractivity contribution in [3.63, 3.8) is 0 Å². The van der Waals surface area contributed by atoms with Crippen LogP contribution in [0.15, 0.2) is 24.3 Å². The van der Waals surface area contributed by atoms with Crippen molar-refractivity contribution < 1.29 is 52.1 Å². The van der Waals surface area contributed by atoms with Crippen LogP contribution in [-0.4, -0.2) is 40.8 Å². The minimum atomic E-state index is -0.899. The molecule has 0 aliphatic rings.